The summed E-state index contributed by atoms with van der Waals surface area (Å²) >= 11 is 0. The van der Waals surface area contributed by atoms with Gasteiger partial charge in [0.15, 0.2) is 0 Å². The van der Waals surface area contributed by atoms with Gasteiger partial charge in [0.1, 0.15) is 0 Å². The molecular weight excluding hydrogens is 246 g/mol. The van der Waals surface area contributed by atoms with Crippen molar-refractivity contribution >= 4 is 5.69 Å². The third-order valence-corrected chi connectivity index (χ3v) is 4.89. The van der Waals surface area contributed by atoms with Crippen molar-refractivity contribution in [3.05, 3.63) is 30.3 Å². The molecule has 0 spiro atoms. The van der Waals surface area contributed by atoms with Gasteiger partial charge in [0.05, 0.1) is 12.6 Å². The minimum atomic E-state index is 0.193. The van der Waals surface area contributed by atoms with Crippen molar-refractivity contribution in [2.45, 2.75) is 52.5 Å². The van der Waals surface area contributed by atoms with Crippen molar-refractivity contribution in [2.24, 2.45) is 17.3 Å². The Kier molecular flexibility index (Phi) is 5.09. The maximum atomic E-state index is 9.70. The summed E-state index contributed by atoms with van der Waals surface area (Å²) in [5.41, 5.74) is 1.54. The number of rotatable bonds is 4. The molecule has 0 radical (unpaired) electrons. The molecular formula is C18H29NO. The van der Waals surface area contributed by atoms with Crippen LogP contribution < -0.4 is 5.32 Å². The molecule has 112 valence electrons. The van der Waals surface area contributed by atoms with Crippen molar-refractivity contribution in [3.8, 4) is 0 Å². The van der Waals surface area contributed by atoms with Crippen LogP contribution in [0.5, 0.6) is 0 Å². The van der Waals surface area contributed by atoms with Crippen molar-refractivity contribution in [1.29, 1.82) is 0 Å². The number of hydrogen-bond acceptors (Lipinski definition) is 2. The van der Waals surface area contributed by atoms with E-state index in [1.165, 1.54) is 25.7 Å². The molecule has 0 heterocycles. The normalized spacial score (nSPS) is 25.2. The Morgan fingerprint density at radius 2 is 1.70 bits per heavy atom. The van der Waals surface area contributed by atoms with Gasteiger partial charge in [0.2, 0.25) is 0 Å². The smallest absolute Gasteiger partial charge is 0.0635 e. The lowest BCUT2D eigenvalue weighted by Gasteiger charge is -2.39. The second-order valence-electron chi connectivity index (χ2n) is 7.28. The Balaban J connectivity index is 1.91. The summed E-state index contributed by atoms with van der Waals surface area (Å²) in [4.78, 5) is 0. The summed E-state index contributed by atoms with van der Waals surface area (Å²) in [6.45, 7) is 7.27. The molecule has 1 unspecified atom stereocenters. The Morgan fingerprint density at radius 1 is 1.10 bits per heavy atom. The van der Waals surface area contributed by atoms with Crippen LogP contribution in [0.4, 0.5) is 5.69 Å². The number of aliphatic hydroxyl groups excluding tert-OH is 1. The predicted molar refractivity (Wildman–Crippen MR) is 85.8 cm³/mol. The summed E-state index contributed by atoms with van der Waals surface area (Å²) in [7, 11) is 0. The van der Waals surface area contributed by atoms with Crippen molar-refractivity contribution in [2.75, 3.05) is 11.9 Å². The van der Waals surface area contributed by atoms with Crippen molar-refractivity contribution in [3.63, 3.8) is 0 Å². The number of benzene rings is 1. The van der Waals surface area contributed by atoms with E-state index in [0.29, 0.717) is 11.3 Å². The summed E-state index contributed by atoms with van der Waals surface area (Å²) in [5, 5.41) is 13.2. The van der Waals surface area contributed by atoms with Gasteiger partial charge in [-0.15, -0.1) is 0 Å². The van der Waals surface area contributed by atoms with E-state index in [9.17, 15) is 5.11 Å². The van der Waals surface area contributed by atoms with Crippen LogP contribution in [-0.2, 0) is 0 Å². The van der Waals surface area contributed by atoms with E-state index >= 15 is 0 Å². The lowest BCUT2D eigenvalue weighted by atomic mass is 9.68. The van der Waals surface area contributed by atoms with Gasteiger partial charge in [0.25, 0.3) is 0 Å². The van der Waals surface area contributed by atoms with Gasteiger partial charge in [0, 0.05) is 5.69 Å². The van der Waals surface area contributed by atoms with E-state index in [4.69, 9.17) is 0 Å². The fourth-order valence-electron chi connectivity index (χ4n) is 3.45. The van der Waals surface area contributed by atoms with Crippen LogP contribution in [0.15, 0.2) is 30.3 Å². The average Bonchev–Trinajstić information content (AvgIpc) is 2.45. The molecule has 1 fully saturated rings. The number of hydrogen-bond donors (Lipinski definition) is 2. The van der Waals surface area contributed by atoms with Crippen molar-refractivity contribution < 1.29 is 5.11 Å². The Morgan fingerprint density at radius 3 is 2.20 bits per heavy atom. The van der Waals surface area contributed by atoms with E-state index in [1.807, 2.05) is 18.2 Å². The highest BCUT2D eigenvalue weighted by atomic mass is 16.3. The lowest BCUT2D eigenvalue weighted by Crippen LogP contribution is -2.37. The van der Waals surface area contributed by atoms with E-state index in [-0.39, 0.29) is 12.6 Å². The minimum Gasteiger partial charge on any atom is -0.394 e. The molecule has 2 heteroatoms. The maximum absolute atomic E-state index is 9.70. The van der Waals surface area contributed by atoms with Crippen LogP contribution in [0, 0.1) is 17.3 Å². The van der Waals surface area contributed by atoms with Gasteiger partial charge in [-0.3, -0.25) is 0 Å². The fourth-order valence-corrected chi connectivity index (χ4v) is 3.45. The first-order valence-corrected chi connectivity index (χ1v) is 7.93. The quantitative estimate of drug-likeness (QED) is 0.858. The van der Waals surface area contributed by atoms with Crippen LogP contribution in [-0.4, -0.2) is 17.8 Å². The standard InChI is InChI=1S/C18H29NO/c1-18(2,3)15-11-9-14(10-12-15)17(13-20)19-16-7-5-4-6-8-16/h4-8,14-15,17,19-20H,9-13H2,1-3H3. The zero-order chi connectivity index (χ0) is 14.6. The molecule has 1 atom stereocenters. The molecule has 1 saturated carbocycles. The number of nitrogens with one attached hydrogen (secondary N) is 1. The highest BCUT2D eigenvalue weighted by molar-refractivity contribution is 5.43. The molecule has 0 amide bonds. The third kappa shape index (κ3) is 3.99. The average molecular weight is 275 g/mol. The topological polar surface area (TPSA) is 32.3 Å². The summed E-state index contributed by atoms with van der Waals surface area (Å²) in [5.74, 6) is 1.42. The molecule has 2 N–H and O–H groups in total. The fraction of sp³-hybridized carbons (Fsp3) is 0.667. The second-order valence-corrected chi connectivity index (χ2v) is 7.28. The highest BCUT2D eigenvalue weighted by Crippen LogP contribution is 2.41. The van der Waals surface area contributed by atoms with Gasteiger partial charge in [-0.25, -0.2) is 0 Å². The molecule has 2 rings (SSSR count). The SMILES string of the molecule is CC(C)(C)C1CCC(C(CO)Nc2ccccc2)CC1. The molecule has 1 aromatic carbocycles. The van der Waals surface area contributed by atoms with Gasteiger partial charge in [-0.2, -0.15) is 0 Å². The number of aliphatic hydroxyl groups is 1. The number of para-hydroxylation sites is 1. The molecule has 2 nitrogen and oxygen atoms in total. The first-order chi connectivity index (χ1) is 9.50. The largest absolute Gasteiger partial charge is 0.394 e. The van der Waals surface area contributed by atoms with Gasteiger partial charge >= 0.3 is 0 Å². The lowest BCUT2D eigenvalue weighted by molar-refractivity contribution is 0.127. The maximum Gasteiger partial charge on any atom is 0.0635 e. The molecule has 0 aromatic heterocycles. The van der Waals surface area contributed by atoms with Crippen LogP contribution >= 0.6 is 0 Å². The molecule has 0 bridgehead atoms. The molecule has 1 aliphatic rings. The number of anilines is 1. The first kappa shape index (κ1) is 15.4. The van der Waals surface area contributed by atoms with Crippen LogP contribution in [0.25, 0.3) is 0 Å². The first-order valence-electron chi connectivity index (χ1n) is 7.93. The van der Waals surface area contributed by atoms with Gasteiger partial charge < -0.3 is 10.4 Å². The molecule has 20 heavy (non-hydrogen) atoms. The van der Waals surface area contributed by atoms with Crippen LogP contribution in [0.1, 0.15) is 46.5 Å². The van der Waals surface area contributed by atoms with Crippen LogP contribution in [0.3, 0.4) is 0 Å². The Labute approximate surface area is 123 Å². The van der Waals surface area contributed by atoms with E-state index in [1.54, 1.807) is 0 Å². The summed E-state index contributed by atoms with van der Waals surface area (Å²) in [6.07, 6.45) is 5.04. The van der Waals surface area contributed by atoms with Crippen molar-refractivity contribution in [1.82, 2.24) is 0 Å². The van der Waals surface area contributed by atoms with Gasteiger partial charge in [-0.1, -0.05) is 39.0 Å². The van der Waals surface area contributed by atoms with Gasteiger partial charge in [-0.05, 0) is 55.1 Å². The van der Waals surface area contributed by atoms with E-state index in [2.05, 4.69) is 38.2 Å². The van der Waals surface area contributed by atoms with E-state index < -0.39 is 0 Å². The van der Waals surface area contributed by atoms with E-state index in [0.717, 1.165) is 11.6 Å². The predicted octanol–water partition coefficient (Wildman–Crippen LogP) is 4.31. The zero-order valence-corrected chi connectivity index (χ0v) is 13.1. The highest BCUT2D eigenvalue weighted by Gasteiger charge is 2.32. The Bertz CT molecular complexity index is 388. The monoisotopic (exact) mass is 275 g/mol. The molecule has 0 aliphatic heterocycles. The third-order valence-electron chi connectivity index (χ3n) is 4.89. The molecule has 1 aliphatic carbocycles. The summed E-state index contributed by atoms with van der Waals surface area (Å²) < 4.78 is 0. The Hall–Kier alpha value is -1.02. The molecule has 0 saturated heterocycles. The zero-order valence-electron chi connectivity index (χ0n) is 13.1. The molecule has 1 aromatic rings. The minimum absolute atomic E-state index is 0.193. The van der Waals surface area contributed by atoms with Crippen LogP contribution in [0.2, 0.25) is 0 Å². The summed E-state index contributed by atoms with van der Waals surface area (Å²) in [6, 6.07) is 10.4. The second kappa shape index (κ2) is 6.62.